The van der Waals surface area contributed by atoms with Crippen LogP contribution < -0.4 is 20.9 Å². The lowest BCUT2D eigenvalue weighted by Gasteiger charge is -2.22. The Balaban J connectivity index is 1.91. The molecule has 2 aromatic carbocycles. The third-order valence-corrected chi connectivity index (χ3v) is 6.36. The summed E-state index contributed by atoms with van der Waals surface area (Å²) in [5, 5.41) is 2.72. The average Bonchev–Trinajstić information content (AvgIpc) is 3.17. The number of benzene rings is 1. The number of anilines is 2. The predicted molar refractivity (Wildman–Crippen MR) is 96.6 cm³/mol. The standard InChI is InChI=1S/C17H18N2O7S/c1-25-16-13(14(20)15(16)21)18-10-5-3-6-11(9-10)27(23,24)19-8-4-7-12(19)17(22)26-2/h3,5-6,9,12,18H,4,7-8H2,1-2H3/t12-/m1/s1. The summed E-state index contributed by atoms with van der Waals surface area (Å²) in [4.78, 5) is 34.9. The smallest absolute Gasteiger partial charge is 0.324 e. The number of hydrogen-bond acceptors (Lipinski definition) is 8. The van der Waals surface area contributed by atoms with Gasteiger partial charge < -0.3 is 14.8 Å². The zero-order valence-corrected chi connectivity index (χ0v) is 15.5. The molecule has 1 aliphatic heterocycles. The van der Waals surface area contributed by atoms with Gasteiger partial charge in [-0.05, 0) is 31.0 Å². The van der Waals surface area contributed by atoms with Gasteiger partial charge >= 0.3 is 5.97 Å². The molecule has 3 rings (SSSR count). The summed E-state index contributed by atoms with van der Waals surface area (Å²) in [5.41, 5.74) is -1.19. The monoisotopic (exact) mass is 394 g/mol. The SMILES string of the molecule is COC(=O)[C@H]1CCCN1S(=O)(=O)c1cccc(Nc2c(OC)c(=O)c2=O)c1. The van der Waals surface area contributed by atoms with E-state index in [1.807, 2.05) is 0 Å². The second-order valence-corrected chi connectivity index (χ2v) is 7.91. The van der Waals surface area contributed by atoms with E-state index in [0.717, 1.165) is 4.31 Å². The molecule has 0 radical (unpaired) electrons. The Kier molecular flexibility index (Phi) is 5.03. The summed E-state index contributed by atoms with van der Waals surface area (Å²) in [6.45, 7) is 0.214. The molecule has 1 fully saturated rings. The minimum Gasteiger partial charge on any atom is -0.491 e. The van der Waals surface area contributed by atoms with Gasteiger partial charge in [-0.1, -0.05) is 6.07 Å². The van der Waals surface area contributed by atoms with Gasteiger partial charge in [0.25, 0.3) is 10.9 Å². The van der Waals surface area contributed by atoms with Crippen molar-refractivity contribution in [2.24, 2.45) is 0 Å². The number of esters is 1. The van der Waals surface area contributed by atoms with Crippen molar-refractivity contribution in [3.63, 3.8) is 0 Å². The first-order valence-corrected chi connectivity index (χ1v) is 9.59. The highest BCUT2D eigenvalue weighted by molar-refractivity contribution is 7.89. The molecule has 1 atom stereocenters. The fourth-order valence-corrected chi connectivity index (χ4v) is 4.79. The lowest BCUT2D eigenvalue weighted by Crippen LogP contribution is -2.41. The molecule has 0 aromatic heterocycles. The van der Waals surface area contributed by atoms with Crippen molar-refractivity contribution in [2.75, 3.05) is 26.1 Å². The van der Waals surface area contributed by atoms with E-state index >= 15 is 0 Å². The molecule has 0 aliphatic carbocycles. The summed E-state index contributed by atoms with van der Waals surface area (Å²) >= 11 is 0. The second kappa shape index (κ2) is 7.12. The molecular weight excluding hydrogens is 376 g/mol. The minimum absolute atomic E-state index is 0.0225. The molecule has 10 heteroatoms. The van der Waals surface area contributed by atoms with E-state index in [1.165, 1.54) is 32.4 Å². The van der Waals surface area contributed by atoms with Gasteiger partial charge in [0.2, 0.25) is 10.0 Å². The van der Waals surface area contributed by atoms with Crippen molar-refractivity contribution < 1.29 is 22.7 Å². The van der Waals surface area contributed by atoms with Gasteiger partial charge in [0, 0.05) is 12.2 Å². The molecule has 27 heavy (non-hydrogen) atoms. The highest BCUT2D eigenvalue weighted by Gasteiger charge is 2.40. The highest BCUT2D eigenvalue weighted by atomic mass is 32.2. The Morgan fingerprint density at radius 1 is 1.22 bits per heavy atom. The summed E-state index contributed by atoms with van der Waals surface area (Å²) in [7, 11) is -1.46. The fourth-order valence-electron chi connectivity index (χ4n) is 3.09. The van der Waals surface area contributed by atoms with Crippen molar-refractivity contribution in [2.45, 2.75) is 23.8 Å². The normalized spacial score (nSPS) is 17.8. The number of nitrogens with one attached hydrogen (secondary N) is 1. The molecule has 0 bridgehead atoms. The summed E-state index contributed by atoms with van der Waals surface area (Å²) < 4.78 is 36.6. The zero-order chi connectivity index (χ0) is 19.8. The van der Waals surface area contributed by atoms with Crippen molar-refractivity contribution in [1.82, 2.24) is 4.31 Å². The first-order chi connectivity index (χ1) is 12.8. The topological polar surface area (TPSA) is 119 Å². The first kappa shape index (κ1) is 19.1. The van der Waals surface area contributed by atoms with E-state index in [1.54, 1.807) is 6.07 Å². The van der Waals surface area contributed by atoms with Gasteiger partial charge in [-0.15, -0.1) is 0 Å². The Bertz CT molecular complexity index is 1050. The molecule has 0 amide bonds. The molecular formula is C17H18N2O7S. The van der Waals surface area contributed by atoms with Crippen LogP contribution in [0.25, 0.3) is 0 Å². The third-order valence-electron chi connectivity index (χ3n) is 4.46. The number of sulfonamides is 1. The average molecular weight is 394 g/mol. The Labute approximate surface area is 155 Å². The van der Waals surface area contributed by atoms with Crippen LogP contribution in [0.5, 0.6) is 5.75 Å². The van der Waals surface area contributed by atoms with Crippen molar-refractivity contribution >= 4 is 27.4 Å². The van der Waals surface area contributed by atoms with E-state index in [4.69, 9.17) is 9.47 Å². The summed E-state index contributed by atoms with van der Waals surface area (Å²) in [6.07, 6.45) is 0.947. The molecule has 1 N–H and O–H groups in total. The van der Waals surface area contributed by atoms with Crippen LogP contribution >= 0.6 is 0 Å². The summed E-state index contributed by atoms with van der Waals surface area (Å²) in [5.74, 6) is -0.697. The molecule has 1 aliphatic rings. The number of carbonyl (C=O) groups excluding carboxylic acids is 1. The van der Waals surface area contributed by atoms with E-state index in [9.17, 15) is 22.8 Å². The Morgan fingerprint density at radius 2 is 1.96 bits per heavy atom. The maximum Gasteiger partial charge on any atom is 0.324 e. The number of nitrogens with zero attached hydrogens (tertiary/aromatic N) is 1. The number of carbonyl (C=O) groups is 1. The zero-order valence-electron chi connectivity index (χ0n) is 14.7. The van der Waals surface area contributed by atoms with Gasteiger partial charge in [0.15, 0.2) is 5.75 Å². The number of methoxy groups -OCH3 is 2. The van der Waals surface area contributed by atoms with Crippen LogP contribution in [-0.4, -0.2) is 45.5 Å². The van der Waals surface area contributed by atoms with E-state index in [0.29, 0.717) is 18.5 Å². The van der Waals surface area contributed by atoms with Gasteiger partial charge in [-0.3, -0.25) is 14.4 Å². The van der Waals surface area contributed by atoms with Gasteiger partial charge in [-0.25, -0.2) is 8.42 Å². The minimum atomic E-state index is -3.94. The molecule has 9 nitrogen and oxygen atoms in total. The lowest BCUT2D eigenvalue weighted by molar-refractivity contribution is -0.144. The Hall–Kier alpha value is -2.72. The predicted octanol–water partition coefficient (Wildman–Crippen LogP) is 0.361. The van der Waals surface area contributed by atoms with Crippen LogP contribution in [0.3, 0.4) is 0 Å². The van der Waals surface area contributed by atoms with E-state index in [-0.39, 0.29) is 22.9 Å². The fraction of sp³-hybridized carbons (Fsp3) is 0.353. The molecule has 1 saturated heterocycles. The maximum atomic E-state index is 13.0. The third kappa shape index (κ3) is 3.21. The van der Waals surface area contributed by atoms with E-state index < -0.39 is 32.9 Å². The molecule has 1 heterocycles. The van der Waals surface area contributed by atoms with Crippen molar-refractivity contribution in [1.29, 1.82) is 0 Å². The molecule has 0 unspecified atom stereocenters. The van der Waals surface area contributed by atoms with Gasteiger partial charge in [0.1, 0.15) is 11.7 Å². The van der Waals surface area contributed by atoms with Gasteiger partial charge in [-0.2, -0.15) is 4.31 Å². The van der Waals surface area contributed by atoms with Crippen molar-refractivity contribution in [3.8, 4) is 5.75 Å². The van der Waals surface area contributed by atoms with Crippen LogP contribution in [-0.2, 0) is 19.6 Å². The van der Waals surface area contributed by atoms with Crippen LogP contribution in [0.2, 0.25) is 0 Å². The largest absolute Gasteiger partial charge is 0.491 e. The Morgan fingerprint density at radius 3 is 2.63 bits per heavy atom. The van der Waals surface area contributed by atoms with Gasteiger partial charge in [0.05, 0.1) is 19.1 Å². The van der Waals surface area contributed by atoms with Crippen LogP contribution in [0, 0.1) is 0 Å². The number of hydrogen-bond donors (Lipinski definition) is 1. The van der Waals surface area contributed by atoms with Crippen molar-refractivity contribution in [3.05, 3.63) is 44.7 Å². The first-order valence-electron chi connectivity index (χ1n) is 8.15. The van der Waals surface area contributed by atoms with Crippen LogP contribution in [0.15, 0.2) is 38.8 Å². The van der Waals surface area contributed by atoms with Crippen LogP contribution in [0.4, 0.5) is 11.4 Å². The number of rotatable bonds is 6. The molecule has 144 valence electrons. The van der Waals surface area contributed by atoms with E-state index in [2.05, 4.69) is 5.32 Å². The quantitative estimate of drug-likeness (QED) is 0.551. The molecule has 2 aromatic rings. The lowest BCUT2D eigenvalue weighted by atomic mass is 10.2. The number of ether oxygens (including phenoxy) is 2. The van der Waals surface area contributed by atoms with Crippen LogP contribution in [0.1, 0.15) is 12.8 Å². The maximum absolute atomic E-state index is 13.0. The highest BCUT2D eigenvalue weighted by Crippen LogP contribution is 2.29. The molecule has 0 saturated carbocycles. The second-order valence-electron chi connectivity index (χ2n) is 6.02. The summed E-state index contributed by atoms with van der Waals surface area (Å²) in [6, 6.07) is 4.92. The molecule has 0 spiro atoms.